The Labute approximate surface area is 117 Å². The molecule has 0 spiro atoms. The molecule has 108 valence electrons. The molecule has 0 bridgehead atoms. The van der Waals surface area contributed by atoms with E-state index in [9.17, 15) is 0 Å². The van der Waals surface area contributed by atoms with Crippen molar-refractivity contribution in [1.29, 1.82) is 0 Å². The first kappa shape index (κ1) is 14.6. The van der Waals surface area contributed by atoms with Gasteiger partial charge in [0, 0.05) is 24.2 Å². The Morgan fingerprint density at radius 1 is 1.47 bits per heavy atom. The van der Waals surface area contributed by atoms with Crippen molar-refractivity contribution in [1.82, 2.24) is 4.90 Å². The molecule has 0 radical (unpaired) electrons. The Morgan fingerprint density at radius 2 is 2.26 bits per heavy atom. The number of likely N-dealkylation sites (N-methyl/N-ethyl adjacent to an activating group) is 1. The number of aryl methyl sites for hydroxylation is 1. The number of hydrogen-bond acceptors (Lipinski definition) is 3. The lowest BCUT2D eigenvalue weighted by molar-refractivity contribution is 0.0175. The lowest BCUT2D eigenvalue weighted by atomic mass is 9.70. The van der Waals surface area contributed by atoms with E-state index in [1.54, 1.807) is 6.26 Å². The fourth-order valence-corrected chi connectivity index (χ4v) is 3.79. The zero-order valence-corrected chi connectivity index (χ0v) is 12.6. The van der Waals surface area contributed by atoms with E-state index in [4.69, 9.17) is 10.2 Å². The molecular formula is C16H28N2O. The molecule has 0 amide bonds. The minimum Gasteiger partial charge on any atom is -0.469 e. The van der Waals surface area contributed by atoms with Gasteiger partial charge in [0.25, 0.3) is 0 Å². The van der Waals surface area contributed by atoms with Crippen molar-refractivity contribution in [3.8, 4) is 0 Å². The third-order valence-corrected chi connectivity index (χ3v) is 5.15. The molecule has 3 nitrogen and oxygen atoms in total. The van der Waals surface area contributed by atoms with Crippen molar-refractivity contribution < 1.29 is 4.42 Å². The van der Waals surface area contributed by atoms with Gasteiger partial charge in [0.05, 0.1) is 6.26 Å². The normalized spacial score (nSPS) is 27.9. The number of furan rings is 1. The standard InChI is InChI=1S/C16H28N2O/c1-4-15-7-5-6-9-16(15,12-17)18(3)11-14-8-10-19-13(14)2/h8,10,15H,4-7,9,11-12,17H2,1-3H3. The van der Waals surface area contributed by atoms with Gasteiger partial charge in [-0.25, -0.2) is 0 Å². The summed E-state index contributed by atoms with van der Waals surface area (Å²) in [7, 11) is 2.23. The summed E-state index contributed by atoms with van der Waals surface area (Å²) in [6.45, 7) is 6.04. The molecule has 0 aromatic carbocycles. The van der Waals surface area contributed by atoms with Gasteiger partial charge in [0.15, 0.2) is 0 Å². The Hall–Kier alpha value is -0.800. The minimum atomic E-state index is 0.177. The van der Waals surface area contributed by atoms with Gasteiger partial charge in [0.2, 0.25) is 0 Å². The fraction of sp³-hybridized carbons (Fsp3) is 0.750. The van der Waals surface area contributed by atoms with E-state index < -0.39 is 0 Å². The van der Waals surface area contributed by atoms with Gasteiger partial charge in [-0.3, -0.25) is 4.90 Å². The highest BCUT2D eigenvalue weighted by atomic mass is 16.3. The van der Waals surface area contributed by atoms with Gasteiger partial charge in [-0.05, 0) is 38.8 Å². The van der Waals surface area contributed by atoms with Crippen LogP contribution in [-0.4, -0.2) is 24.0 Å². The molecule has 2 atom stereocenters. The van der Waals surface area contributed by atoms with Crippen LogP contribution < -0.4 is 5.73 Å². The molecule has 2 rings (SSSR count). The monoisotopic (exact) mass is 264 g/mol. The van der Waals surface area contributed by atoms with Crippen molar-refractivity contribution in [2.45, 2.75) is 58.0 Å². The summed E-state index contributed by atoms with van der Waals surface area (Å²) in [5, 5.41) is 0. The van der Waals surface area contributed by atoms with E-state index in [1.165, 1.54) is 37.7 Å². The topological polar surface area (TPSA) is 42.4 Å². The minimum absolute atomic E-state index is 0.177. The highest BCUT2D eigenvalue weighted by Gasteiger charge is 2.41. The van der Waals surface area contributed by atoms with Crippen LogP contribution in [0.5, 0.6) is 0 Å². The van der Waals surface area contributed by atoms with Crippen LogP contribution in [0.1, 0.15) is 50.4 Å². The Balaban J connectivity index is 2.17. The molecule has 2 N–H and O–H groups in total. The molecule has 1 heterocycles. The van der Waals surface area contributed by atoms with Gasteiger partial charge >= 0.3 is 0 Å². The smallest absolute Gasteiger partial charge is 0.105 e. The van der Waals surface area contributed by atoms with Crippen LogP contribution in [0, 0.1) is 12.8 Å². The van der Waals surface area contributed by atoms with Crippen molar-refractivity contribution in [3.63, 3.8) is 0 Å². The number of rotatable bonds is 5. The number of hydrogen-bond donors (Lipinski definition) is 1. The summed E-state index contributed by atoms with van der Waals surface area (Å²) >= 11 is 0. The van der Waals surface area contributed by atoms with Crippen molar-refractivity contribution in [2.75, 3.05) is 13.6 Å². The largest absolute Gasteiger partial charge is 0.469 e. The highest BCUT2D eigenvalue weighted by molar-refractivity contribution is 5.16. The van der Waals surface area contributed by atoms with Crippen LogP contribution in [0.2, 0.25) is 0 Å². The first-order valence-electron chi connectivity index (χ1n) is 7.58. The molecule has 2 unspecified atom stereocenters. The second kappa shape index (κ2) is 6.10. The van der Waals surface area contributed by atoms with Crippen molar-refractivity contribution >= 4 is 0 Å². The highest BCUT2D eigenvalue weighted by Crippen LogP contribution is 2.40. The van der Waals surface area contributed by atoms with Crippen molar-refractivity contribution in [2.24, 2.45) is 11.7 Å². The molecular weight excluding hydrogens is 236 g/mol. The summed E-state index contributed by atoms with van der Waals surface area (Å²) in [6.07, 6.45) is 8.23. The molecule has 1 aliphatic carbocycles. The van der Waals surface area contributed by atoms with E-state index >= 15 is 0 Å². The van der Waals surface area contributed by atoms with Gasteiger partial charge in [-0.2, -0.15) is 0 Å². The van der Waals surface area contributed by atoms with Gasteiger partial charge in [-0.1, -0.05) is 26.2 Å². The van der Waals surface area contributed by atoms with Crippen molar-refractivity contribution in [3.05, 3.63) is 23.7 Å². The fourth-order valence-electron chi connectivity index (χ4n) is 3.79. The van der Waals surface area contributed by atoms with Gasteiger partial charge < -0.3 is 10.2 Å². The molecule has 1 aromatic rings. The van der Waals surface area contributed by atoms with Crippen LogP contribution >= 0.6 is 0 Å². The number of nitrogens with zero attached hydrogens (tertiary/aromatic N) is 1. The van der Waals surface area contributed by atoms with Crippen LogP contribution in [0.4, 0.5) is 0 Å². The molecule has 3 heteroatoms. The summed E-state index contributed by atoms with van der Waals surface area (Å²) in [5.41, 5.74) is 7.67. The maximum Gasteiger partial charge on any atom is 0.105 e. The van der Waals surface area contributed by atoms with Crippen LogP contribution in [0.25, 0.3) is 0 Å². The lowest BCUT2D eigenvalue weighted by Crippen LogP contribution is -2.58. The molecule has 0 aliphatic heterocycles. The Morgan fingerprint density at radius 3 is 2.84 bits per heavy atom. The zero-order valence-electron chi connectivity index (χ0n) is 12.6. The van der Waals surface area contributed by atoms with Crippen LogP contribution in [-0.2, 0) is 6.54 Å². The average Bonchev–Trinajstić information content (AvgIpc) is 2.83. The van der Waals surface area contributed by atoms with E-state index in [-0.39, 0.29) is 5.54 Å². The van der Waals surface area contributed by atoms with E-state index in [2.05, 4.69) is 24.9 Å². The predicted octanol–water partition coefficient (Wildman–Crippen LogP) is 3.32. The molecule has 1 saturated carbocycles. The molecule has 1 fully saturated rings. The summed E-state index contributed by atoms with van der Waals surface area (Å²) < 4.78 is 5.41. The summed E-state index contributed by atoms with van der Waals surface area (Å²) in [6, 6.07) is 2.08. The first-order chi connectivity index (χ1) is 9.14. The quantitative estimate of drug-likeness (QED) is 0.887. The third kappa shape index (κ3) is 2.72. The van der Waals surface area contributed by atoms with Gasteiger partial charge in [-0.15, -0.1) is 0 Å². The molecule has 1 aromatic heterocycles. The third-order valence-electron chi connectivity index (χ3n) is 5.15. The van der Waals surface area contributed by atoms with Crippen LogP contribution in [0.3, 0.4) is 0 Å². The molecule has 1 aliphatic rings. The lowest BCUT2D eigenvalue weighted by Gasteiger charge is -2.49. The van der Waals surface area contributed by atoms with E-state index in [0.29, 0.717) is 0 Å². The predicted molar refractivity (Wildman–Crippen MR) is 78.9 cm³/mol. The number of nitrogens with two attached hydrogens (primary N) is 1. The summed E-state index contributed by atoms with van der Waals surface area (Å²) in [4.78, 5) is 2.48. The second-order valence-corrected chi connectivity index (χ2v) is 6.02. The Kier molecular flexibility index (Phi) is 4.69. The molecule has 19 heavy (non-hydrogen) atoms. The average molecular weight is 264 g/mol. The van der Waals surface area contributed by atoms with Gasteiger partial charge in [0.1, 0.15) is 5.76 Å². The van der Waals surface area contributed by atoms with Crippen LogP contribution in [0.15, 0.2) is 16.7 Å². The SMILES string of the molecule is CCC1CCCCC1(CN)N(C)Cc1ccoc1C. The first-order valence-corrected chi connectivity index (χ1v) is 7.58. The van der Waals surface area contributed by atoms with E-state index in [1.807, 2.05) is 6.92 Å². The maximum atomic E-state index is 6.21. The zero-order chi connectivity index (χ0) is 13.9. The van der Waals surface area contributed by atoms with E-state index in [0.717, 1.165) is 24.8 Å². The maximum absolute atomic E-state index is 6.21. The Bertz CT molecular complexity index is 401. The molecule has 0 saturated heterocycles. The summed E-state index contributed by atoms with van der Waals surface area (Å²) in [5.74, 6) is 1.76. The second-order valence-electron chi connectivity index (χ2n) is 6.02.